The van der Waals surface area contributed by atoms with Crippen molar-refractivity contribution in [1.29, 1.82) is 0 Å². The second kappa shape index (κ2) is 7.38. The molecule has 0 saturated carbocycles. The summed E-state index contributed by atoms with van der Waals surface area (Å²) < 4.78 is 0. The van der Waals surface area contributed by atoms with Crippen molar-refractivity contribution in [2.45, 2.75) is 38.4 Å². The number of nitrogens with one attached hydrogen (secondary N) is 1. The van der Waals surface area contributed by atoms with Crippen molar-refractivity contribution >= 4 is 23.7 Å². The average Bonchev–Trinajstić information content (AvgIpc) is 2.34. The number of hydrogen-bond acceptors (Lipinski definition) is 7. The van der Waals surface area contributed by atoms with Crippen LogP contribution >= 0.6 is 11.8 Å². The fraction of sp³-hybridized carbons (Fsp3) is 0.727. The molecule has 0 bridgehead atoms. The standard InChI is InChI=1S/C11H21N5OS/c1-6-7-16(17-4)10-13-9(12-8(2)3)14-11(15-10)18-5/h8H,6-7H2,1-5H3,(H,12,13,14,15). The van der Waals surface area contributed by atoms with Crippen LogP contribution in [-0.4, -0.2) is 40.9 Å². The van der Waals surface area contributed by atoms with Crippen LogP contribution in [0.1, 0.15) is 27.2 Å². The van der Waals surface area contributed by atoms with Gasteiger partial charge >= 0.3 is 0 Å². The van der Waals surface area contributed by atoms with E-state index < -0.39 is 0 Å². The number of aromatic nitrogens is 3. The average molecular weight is 271 g/mol. The van der Waals surface area contributed by atoms with E-state index in [-0.39, 0.29) is 6.04 Å². The lowest BCUT2D eigenvalue weighted by molar-refractivity contribution is 0.161. The van der Waals surface area contributed by atoms with E-state index in [4.69, 9.17) is 4.84 Å². The first kappa shape index (κ1) is 15.0. The van der Waals surface area contributed by atoms with Crippen LogP contribution in [0.3, 0.4) is 0 Å². The zero-order valence-electron chi connectivity index (χ0n) is 11.6. The van der Waals surface area contributed by atoms with Gasteiger partial charge in [0.05, 0.1) is 7.11 Å². The highest BCUT2D eigenvalue weighted by molar-refractivity contribution is 7.98. The van der Waals surface area contributed by atoms with Gasteiger partial charge < -0.3 is 5.32 Å². The number of rotatable bonds is 7. The van der Waals surface area contributed by atoms with Crippen LogP contribution < -0.4 is 10.4 Å². The molecule has 0 aliphatic heterocycles. The summed E-state index contributed by atoms with van der Waals surface area (Å²) in [6.45, 7) is 6.91. The summed E-state index contributed by atoms with van der Waals surface area (Å²) in [6.07, 6.45) is 2.90. The van der Waals surface area contributed by atoms with Gasteiger partial charge in [0.1, 0.15) is 0 Å². The fourth-order valence-corrected chi connectivity index (χ4v) is 1.70. The molecule has 0 atom stereocenters. The van der Waals surface area contributed by atoms with Gasteiger partial charge in [0.25, 0.3) is 5.95 Å². The molecule has 18 heavy (non-hydrogen) atoms. The van der Waals surface area contributed by atoms with Crippen LogP contribution in [0, 0.1) is 0 Å². The second-order valence-electron chi connectivity index (χ2n) is 4.03. The Morgan fingerprint density at radius 1 is 1.33 bits per heavy atom. The molecule has 0 aliphatic carbocycles. The molecule has 0 saturated heterocycles. The molecule has 1 aromatic rings. The number of anilines is 2. The van der Waals surface area contributed by atoms with Crippen molar-refractivity contribution in [2.75, 3.05) is 30.3 Å². The minimum Gasteiger partial charge on any atom is -0.352 e. The lowest BCUT2D eigenvalue weighted by atomic mass is 10.4. The molecule has 0 fully saturated rings. The maximum atomic E-state index is 5.28. The molecule has 0 unspecified atom stereocenters. The van der Waals surface area contributed by atoms with Gasteiger partial charge in [-0.1, -0.05) is 18.7 Å². The van der Waals surface area contributed by atoms with Gasteiger partial charge in [-0.25, -0.2) is 5.06 Å². The van der Waals surface area contributed by atoms with Crippen molar-refractivity contribution in [3.05, 3.63) is 0 Å². The third kappa shape index (κ3) is 4.30. The largest absolute Gasteiger partial charge is 0.352 e. The Bertz CT molecular complexity index is 374. The van der Waals surface area contributed by atoms with Crippen LogP contribution in [-0.2, 0) is 4.84 Å². The van der Waals surface area contributed by atoms with E-state index in [2.05, 4.69) is 27.2 Å². The molecule has 0 spiro atoms. The van der Waals surface area contributed by atoms with Crippen LogP contribution in [0.4, 0.5) is 11.9 Å². The van der Waals surface area contributed by atoms with E-state index in [1.54, 1.807) is 12.2 Å². The molecule has 1 aromatic heterocycles. The van der Waals surface area contributed by atoms with Crippen molar-refractivity contribution in [3.8, 4) is 0 Å². The van der Waals surface area contributed by atoms with Crippen LogP contribution in [0.2, 0.25) is 0 Å². The van der Waals surface area contributed by atoms with Gasteiger partial charge in [0.15, 0.2) is 5.16 Å². The molecule has 0 radical (unpaired) electrons. The Balaban J connectivity index is 3.01. The monoisotopic (exact) mass is 271 g/mol. The quantitative estimate of drug-likeness (QED) is 0.602. The maximum Gasteiger partial charge on any atom is 0.255 e. The molecule has 6 nitrogen and oxygen atoms in total. The number of nitrogens with zero attached hydrogens (tertiary/aromatic N) is 4. The fourth-order valence-electron chi connectivity index (χ4n) is 1.35. The summed E-state index contributed by atoms with van der Waals surface area (Å²) in [4.78, 5) is 18.3. The molecule has 7 heteroatoms. The molecule has 0 aromatic carbocycles. The molecule has 1 rings (SSSR count). The summed E-state index contributed by atoms with van der Waals surface area (Å²) in [5, 5.41) is 5.54. The topological polar surface area (TPSA) is 63.2 Å². The third-order valence-electron chi connectivity index (χ3n) is 2.07. The SMILES string of the molecule is CCCN(OC)c1nc(NC(C)C)nc(SC)n1. The van der Waals surface area contributed by atoms with Gasteiger partial charge in [-0.3, -0.25) is 4.84 Å². The summed E-state index contributed by atoms with van der Waals surface area (Å²) >= 11 is 1.49. The highest BCUT2D eigenvalue weighted by Crippen LogP contribution is 2.17. The summed E-state index contributed by atoms with van der Waals surface area (Å²) in [6, 6.07) is 0.275. The van der Waals surface area contributed by atoms with Gasteiger partial charge in [0, 0.05) is 12.6 Å². The van der Waals surface area contributed by atoms with Crippen molar-refractivity contribution in [3.63, 3.8) is 0 Å². The predicted molar refractivity (Wildman–Crippen MR) is 75.0 cm³/mol. The van der Waals surface area contributed by atoms with Gasteiger partial charge in [-0.05, 0) is 26.5 Å². The first-order valence-electron chi connectivity index (χ1n) is 5.99. The van der Waals surface area contributed by atoms with E-state index in [0.29, 0.717) is 17.1 Å². The predicted octanol–water partition coefficient (Wildman–Crippen LogP) is 2.19. The Morgan fingerprint density at radius 2 is 2.06 bits per heavy atom. The van der Waals surface area contributed by atoms with E-state index >= 15 is 0 Å². The first-order chi connectivity index (χ1) is 8.60. The van der Waals surface area contributed by atoms with E-state index in [1.165, 1.54) is 11.8 Å². The highest BCUT2D eigenvalue weighted by Gasteiger charge is 2.12. The third-order valence-corrected chi connectivity index (χ3v) is 2.62. The zero-order valence-corrected chi connectivity index (χ0v) is 12.4. The van der Waals surface area contributed by atoms with E-state index in [1.807, 2.05) is 20.1 Å². The molecular formula is C11H21N5OS. The molecular weight excluding hydrogens is 250 g/mol. The first-order valence-corrected chi connectivity index (χ1v) is 7.21. The Morgan fingerprint density at radius 3 is 2.56 bits per heavy atom. The number of hydroxylamine groups is 1. The smallest absolute Gasteiger partial charge is 0.255 e. The van der Waals surface area contributed by atoms with Crippen LogP contribution in [0.15, 0.2) is 5.16 Å². The summed E-state index contributed by atoms with van der Waals surface area (Å²) in [7, 11) is 1.62. The van der Waals surface area contributed by atoms with E-state index in [0.717, 1.165) is 13.0 Å². The van der Waals surface area contributed by atoms with Crippen LogP contribution in [0.25, 0.3) is 0 Å². The maximum absolute atomic E-state index is 5.28. The minimum absolute atomic E-state index is 0.275. The molecule has 0 aliphatic rings. The lowest BCUT2D eigenvalue weighted by Crippen LogP contribution is -2.26. The molecule has 1 N–H and O–H groups in total. The Kier molecular flexibility index (Phi) is 6.14. The molecule has 102 valence electrons. The Labute approximate surface area is 113 Å². The summed E-state index contributed by atoms with van der Waals surface area (Å²) in [5.41, 5.74) is 0. The lowest BCUT2D eigenvalue weighted by Gasteiger charge is -2.19. The van der Waals surface area contributed by atoms with Crippen molar-refractivity contribution < 1.29 is 4.84 Å². The van der Waals surface area contributed by atoms with Crippen molar-refractivity contribution in [2.24, 2.45) is 0 Å². The number of thioether (sulfide) groups is 1. The highest BCUT2D eigenvalue weighted by atomic mass is 32.2. The normalized spacial score (nSPS) is 10.8. The zero-order chi connectivity index (χ0) is 13.5. The van der Waals surface area contributed by atoms with Crippen molar-refractivity contribution in [1.82, 2.24) is 15.0 Å². The van der Waals surface area contributed by atoms with Gasteiger partial charge in [-0.2, -0.15) is 15.0 Å². The van der Waals surface area contributed by atoms with Crippen LogP contribution in [0.5, 0.6) is 0 Å². The molecule has 0 amide bonds. The Hall–Kier alpha value is -1.08. The van der Waals surface area contributed by atoms with Gasteiger partial charge in [-0.15, -0.1) is 0 Å². The van der Waals surface area contributed by atoms with E-state index in [9.17, 15) is 0 Å². The number of hydrogen-bond donors (Lipinski definition) is 1. The second-order valence-corrected chi connectivity index (χ2v) is 4.80. The summed E-state index contributed by atoms with van der Waals surface area (Å²) in [5.74, 6) is 1.12. The van der Waals surface area contributed by atoms with Gasteiger partial charge in [0.2, 0.25) is 5.95 Å². The molecule has 1 heterocycles. The minimum atomic E-state index is 0.275.